The van der Waals surface area contributed by atoms with Gasteiger partial charge in [0.15, 0.2) is 17.2 Å². The molecule has 1 saturated heterocycles. The molecule has 2 bridgehead atoms. The summed E-state index contributed by atoms with van der Waals surface area (Å²) < 4.78 is 6.33. The van der Waals surface area contributed by atoms with E-state index in [2.05, 4.69) is 13.8 Å². The summed E-state index contributed by atoms with van der Waals surface area (Å²) in [6, 6.07) is 20.1. The standard InChI is InChI=1S/C39H36O6S/c1-22-16-24-18-23(2)38(26(17-22)19-24)39(43-3,45-44-38)33-20-27(40)14-12-25(33)13-15-28-21-32(29-8-6-7-11-34(29)46-28)35-36(41)30-9-4-5-10-31(30)37(35)42/h4-15,20-24,26,40H,16-19H2,1-3H3/b15-13+. The number of carbonyl (C=O) groups is 2. The molecule has 0 radical (unpaired) electrons. The van der Waals surface area contributed by atoms with Gasteiger partial charge in [0.2, 0.25) is 0 Å². The van der Waals surface area contributed by atoms with Gasteiger partial charge in [-0.1, -0.05) is 80.2 Å². The van der Waals surface area contributed by atoms with Crippen molar-refractivity contribution >= 4 is 35.0 Å². The minimum Gasteiger partial charge on any atom is -0.508 e. The SMILES string of the molecule is COC1(c2cc(O)ccc2/C=C/C2=CC(=C3C(=O)c4ccccc4C3=O)c3ccccc3S2)OOC12C(C)CC1CC(C)CC2C1. The van der Waals surface area contributed by atoms with Crippen LogP contribution < -0.4 is 0 Å². The molecule has 3 fully saturated rings. The normalized spacial score (nSPS) is 31.6. The first-order valence-electron chi connectivity index (χ1n) is 16.1. The van der Waals surface area contributed by atoms with Crippen molar-refractivity contribution in [2.45, 2.75) is 55.8 Å². The van der Waals surface area contributed by atoms with Crippen molar-refractivity contribution in [3.63, 3.8) is 0 Å². The minimum absolute atomic E-state index is 0.123. The van der Waals surface area contributed by atoms with Gasteiger partial charge in [0.1, 0.15) is 5.75 Å². The Kier molecular flexibility index (Phi) is 7.03. The fourth-order valence-corrected chi connectivity index (χ4v) is 9.97. The zero-order valence-corrected chi connectivity index (χ0v) is 26.9. The van der Waals surface area contributed by atoms with E-state index in [1.54, 1.807) is 55.3 Å². The molecule has 6 unspecified atom stereocenters. The van der Waals surface area contributed by atoms with Gasteiger partial charge >= 0.3 is 0 Å². The summed E-state index contributed by atoms with van der Waals surface area (Å²) in [5.41, 5.74) is 3.48. The molecule has 2 aliphatic heterocycles. The number of methoxy groups -OCH3 is 1. The third kappa shape index (κ3) is 4.22. The second kappa shape index (κ2) is 10.9. The lowest BCUT2D eigenvalue weighted by atomic mass is 9.54. The minimum atomic E-state index is -1.18. The van der Waals surface area contributed by atoms with E-state index in [1.807, 2.05) is 48.6 Å². The summed E-state index contributed by atoms with van der Waals surface area (Å²) in [4.78, 5) is 41.2. The Balaban J connectivity index is 1.21. The monoisotopic (exact) mass is 632 g/mol. The number of allylic oxidation sites excluding steroid dienone is 4. The third-order valence-corrected chi connectivity index (χ3v) is 11.9. The number of aromatic hydroxyl groups is 1. The number of carbonyl (C=O) groups excluding carboxylic acids is 2. The molecule has 5 aliphatic rings. The van der Waals surface area contributed by atoms with Gasteiger partial charge in [-0.2, -0.15) is 4.89 Å². The Bertz CT molecular complexity index is 1840. The van der Waals surface area contributed by atoms with Crippen LogP contribution >= 0.6 is 11.8 Å². The van der Waals surface area contributed by atoms with Crippen LogP contribution in [-0.2, 0) is 20.3 Å². The summed E-state index contributed by atoms with van der Waals surface area (Å²) >= 11 is 1.58. The maximum absolute atomic E-state index is 13.5. The van der Waals surface area contributed by atoms with E-state index in [9.17, 15) is 14.7 Å². The summed E-state index contributed by atoms with van der Waals surface area (Å²) in [6.07, 6.45) is 10.3. The maximum atomic E-state index is 13.5. The van der Waals surface area contributed by atoms with E-state index >= 15 is 0 Å². The molecule has 1 N–H and O–H groups in total. The molecule has 0 aromatic heterocycles. The van der Waals surface area contributed by atoms with Gasteiger partial charge in [-0.05, 0) is 96.4 Å². The maximum Gasteiger partial charge on any atom is 0.261 e. The van der Waals surface area contributed by atoms with Gasteiger partial charge in [-0.25, -0.2) is 4.89 Å². The smallest absolute Gasteiger partial charge is 0.261 e. The predicted octanol–water partition coefficient (Wildman–Crippen LogP) is 8.52. The molecule has 6 atom stereocenters. The van der Waals surface area contributed by atoms with Crippen LogP contribution in [0.1, 0.15) is 76.9 Å². The van der Waals surface area contributed by atoms with E-state index in [1.165, 1.54) is 6.42 Å². The molecule has 0 amide bonds. The number of hydrogen-bond donors (Lipinski definition) is 1. The zero-order chi connectivity index (χ0) is 31.8. The lowest BCUT2D eigenvalue weighted by molar-refractivity contribution is -0.641. The van der Waals surface area contributed by atoms with Crippen LogP contribution in [0.3, 0.4) is 0 Å². The van der Waals surface area contributed by atoms with Crippen LogP contribution in [0, 0.1) is 23.7 Å². The molecule has 2 heterocycles. The van der Waals surface area contributed by atoms with Crippen LogP contribution in [0.5, 0.6) is 5.75 Å². The van der Waals surface area contributed by atoms with Gasteiger partial charge in [0.05, 0.1) is 5.57 Å². The highest BCUT2D eigenvalue weighted by molar-refractivity contribution is 8.03. The number of ketones is 2. The largest absolute Gasteiger partial charge is 0.508 e. The van der Waals surface area contributed by atoms with E-state index in [0.29, 0.717) is 28.5 Å². The topological polar surface area (TPSA) is 82.1 Å². The van der Waals surface area contributed by atoms with Gasteiger partial charge in [0, 0.05) is 33.6 Å². The van der Waals surface area contributed by atoms with Gasteiger partial charge in [0.25, 0.3) is 5.79 Å². The lowest BCUT2D eigenvalue weighted by Crippen LogP contribution is -2.74. The summed E-state index contributed by atoms with van der Waals surface area (Å²) in [7, 11) is 1.66. The Morgan fingerprint density at radius 2 is 1.59 bits per heavy atom. The highest BCUT2D eigenvalue weighted by Gasteiger charge is 2.74. The molecule has 6 nitrogen and oxygen atoms in total. The van der Waals surface area contributed by atoms with Crippen molar-refractivity contribution in [3.05, 3.63) is 117 Å². The van der Waals surface area contributed by atoms with Crippen LogP contribution in [0.15, 0.2) is 94.3 Å². The molecular weight excluding hydrogens is 596 g/mol. The number of thioether (sulfide) groups is 1. The second-order valence-corrected chi connectivity index (χ2v) is 14.7. The highest BCUT2D eigenvalue weighted by atomic mass is 32.2. The first-order valence-corrected chi connectivity index (χ1v) is 16.9. The van der Waals surface area contributed by atoms with E-state index in [4.69, 9.17) is 14.5 Å². The molecule has 3 aromatic rings. The average Bonchev–Trinajstić information content (AvgIpc) is 3.29. The molecular formula is C39H36O6S. The third-order valence-electron chi connectivity index (χ3n) is 10.8. The summed E-state index contributed by atoms with van der Waals surface area (Å²) in [5, 5.41) is 10.7. The molecule has 46 heavy (non-hydrogen) atoms. The van der Waals surface area contributed by atoms with E-state index in [-0.39, 0.29) is 34.7 Å². The van der Waals surface area contributed by atoms with Crippen LogP contribution in [0.2, 0.25) is 0 Å². The van der Waals surface area contributed by atoms with E-state index in [0.717, 1.165) is 45.8 Å². The molecule has 234 valence electrons. The van der Waals surface area contributed by atoms with Crippen LogP contribution in [-0.4, -0.2) is 29.4 Å². The number of benzene rings is 3. The number of hydrogen-bond acceptors (Lipinski definition) is 7. The van der Waals surface area contributed by atoms with Crippen LogP contribution in [0.25, 0.3) is 11.6 Å². The van der Waals surface area contributed by atoms with Crippen molar-refractivity contribution in [2.24, 2.45) is 23.7 Å². The number of phenolic OH excluding ortho intramolecular Hbond substituents is 1. The molecule has 2 saturated carbocycles. The van der Waals surface area contributed by atoms with Crippen LogP contribution in [0.4, 0.5) is 0 Å². The number of fused-ring (bicyclic) bond motifs is 5. The predicted molar refractivity (Wildman–Crippen MR) is 177 cm³/mol. The molecule has 1 spiro atoms. The van der Waals surface area contributed by atoms with E-state index < -0.39 is 11.4 Å². The van der Waals surface area contributed by atoms with Crippen molar-refractivity contribution < 1.29 is 29.2 Å². The lowest BCUT2D eigenvalue weighted by Gasteiger charge is -2.65. The number of phenols is 1. The van der Waals surface area contributed by atoms with Crippen molar-refractivity contribution in [1.82, 2.24) is 0 Å². The van der Waals surface area contributed by atoms with Crippen molar-refractivity contribution in [3.8, 4) is 5.75 Å². The van der Waals surface area contributed by atoms with Gasteiger partial charge in [-0.15, -0.1) is 0 Å². The molecule has 3 aromatic carbocycles. The van der Waals surface area contributed by atoms with Crippen molar-refractivity contribution in [1.29, 1.82) is 0 Å². The second-order valence-electron chi connectivity index (χ2n) is 13.5. The Hall–Kier alpha value is -3.75. The Morgan fingerprint density at radius 1 is 0.870 bits per heavy atom. The van der Waals surface area contributed by atoms with Gasteiger partial charge < -0.3 is 9.84 Å². The molecule has 8 rings (SSSR count). The Morgan fingerprint density at radius 3 is 2.28 bits per heavy atom. The zero-order valence-electron chi connectivity index (χ0n) is 26.1. The first kappa shape index (κ1) is 29.6. The summed E-state index contributed by atoms with van der Waals surface area (Å²) in [6.45, 7) is 4.56. The van der Waals surface area contributed by atoms with Crippen molar-refractivity contribution in [2.75, 3.05) is 7.11 Å². The number of rotatable bonds is 4. The van der Waals surface area contributed by atoms with Gasteiger partial charge in [-0.3, -0.25) is 9.59 Å². The highest BCUT2D eigenvalue weighted by Crippen LogP contribution is 2.65. The summed E-state index contributed by atoms with van der Waals surface area (Å²) in [5.74, 6) is 0.196. The molecule has 7 heteroatoms. The molecule has 3 aliphatic carbocycles. The number of ether oxygens (including phenoxy) is 1. The first-order chi connectivity index (χ1) is 22.3. The Labute approximate surface area is 273 Å². The number of Topliss-reactive ketones (excluding diaryl/α,β-unsaturated/α-hetero) is 2. The quantitative estimate of drug-likeness (QED) is 0.175. The average molecular weight is 633 g/mol. The fourth-order valence-electron chi connectivity index (χ4n) is 8.97. The fraction of sp³-hybridized carbons (Fsp3) is 0.333.